The van der Waals surface area contributed by atoms with Gasteiger partial charge in [0, 0.05) is 30.4 Å². The number of carbonyl (C=O) groups excluding carboxylic acids is 2. The number of amides is 3. The van der Waals surface area contributed by atoms with E-state index in [1.165, 1.54) is 0 Å². The molecule has 23 heavy (non-hydrogen) atoms. The van der Waals surface area contributed by atoms with E-state index in [0.717, 1.165) is 12.0 Å². The summed E-state index contributed by atoms with van der Waals surface area (Å²) in [5.41, 5.74) is 2.06. The van der Waals surface area contributed by atoms with Gasteiger partial charge in [-0.3, -0.25) is 4.79 Å². The maximum Gasteiger partial charge on any atom is 0.319 e. The first-order chi connectivity index (χ1) is 11.0. The second kappa shape index (κ2) is 7.97. The molecular formula is C17H25N3O3. The summed E-state index contributed by atoms with van der Waals surface area (Å²) in [5.74, 6) is -0.0169. The van der Waals surface area contributed by atoms with Crippen molar-refractivity contribution in [3.05, 3.63) is 29.3 Å². The monoisotopic (exact) mass is 319 g/mol. The summed E-state index contributed by atoms with van der Waals surface area (Å²) in [7, 11) is 0. The number of nitrogens with zero attached hydrogens (tertiary/aromatic N) is 1. The van der Waals surface area contributed by atoms with E-state index in [1.54, 1.807) is 17.0 Å². The van der Waals surface area contributed by atoms with Crippen LogP contribution in [0.1, 0.15) is 36.2 Å². The van der Waals surface area contributed by atoms with Crippen molar-refractivity contribution in [2.75, 3.05) is 31.6 Å². The number of anilines is 1. The molecule has 1 atom stereocenters. The van der Waals surface area contributed by atoms with Crippen molar-refractivity contribution >= 4 is 17.6 Å². The summed E-state index contributed by atoms with van der Waals surface area (Å²) >= 11 is 0. The van der Waals surface area contributed by atoms with Crippen LogP contribution in [-0.2, 0) is 4.74 Å². The van der Waals surface area contributed by atoms with Crippen LogP contribution in [-0.4, -0.2) is 49.2 Å². The van der Waals surface area contributed by atoms with E-state index in [9.17, 15) is 9.59 Å². The predicted molar refractivity (Wildman–Crippen MR) is 89.8 cm³/mol. The quantitative estimate of drug-likeness (QED) is 0.895. The Morgan fingerprint density at radius 2 is 2.00 bits per heavy atom. The Bertz CT molecular complexity index is 568. The Hall–Kier alpha value is -2.08. The molecule has 2 N–H and O–H groups in total. The number of rotatable bonds is 4. The molecule has 2 rings (SSSR count). The number of hydrogen-bond donors (Lipinski definition) is 2. The number of carbonyl (C=O) groups is 2. The van der Waals surface area contributed by atoms with Crippen LogP contribution >= 0.6 is 0 Å². The Kier molecular flexibility index (Phi) is 5.98. The number of ether oxygens (including phenoxy) is 1. The molecule has 6 heteroatoms. The Morgan fingerprint density at radius 1 is 1.30 bits per heavy atom. The van der Waals surface area contributed by atoms with E-state index in [0.29, 0.717) is 37.6 Å². The molecule has 1 heterocycles. The van der Waals surface area contributed by atoms with Gasteiger partial charge in [0.1, 0.15) is 0 Å². The lowest BCUT2D eigenvalue weighted by molar-refractivity contribution is 0.0302. The highest BCUT2D eigenvalue weighted by molar-refractivity contribution is 5.99. The lowest BCUT2D eigenvalue weighted by atomic mass is 10.1. The van der Waals surface area contributed by atoms with Gasteiger partial charge in [0.05, 0.1) is 13.2 Å². The molecule has 6 nitrogen and oxygen atoms in total. The second-order valence-corrected chi connectivity index (χ2v) is 5.79. The highest BCUT2D eigenvalue weighted by Crippen LogP contribution is 2.21. The minimum Gasteiger partial charge on any atom is -0.378 e. The van der Waals surface area contributed by atoms with Gasteiger partial charge >= 0.3 is 6.03 Å². The van der Waals surface area contributed by atoms with Gasteiger partial charge in [-0.15, -0.1) is 0 Å². The molecule has 0 radical (unpaired) electrons. The van der Waals surface area contributed by atoms with Crippen LogP contribution in [0.5, 0.6) is 0 Å². The van der Waals surface area contributed by atoms with E-state index < -0.39 is 0 Å². The van der Waals surface area contributed by atoms with Crippen LogP contribution in [0.2, 0.25) is 0 Å². The van der Waals surface area contributed by atoms with Gasteiger partial charge in [-0.1, -0.05) is 13.0 Å². The van der Waals surface area contributed by atoms with Crippen LogP contribution in [0.25, 0.3) is 0 Å². The van der Waals surface area contributed by atoms with E-state index >= 15 is 0 Å². The highest BCUT2D eigenvalue weighted by Gasteiger charge is 2.21. The van der Waals surface area contributed by atoms with Gasteiger partial charge in [0.25, 0.3) is 5.91 Å². The first kappa shape index (κ1) is 17.3. The Morgan fingerprint density at radius 3 is 2.65 bits per heavy atom. The lowest BCUT2D eigenvalue weighted by Crippen LogP contribution is -2.41. The smallest absolute Gasteiger partial charge is 0.319 e. The largest absolute Gasteiger partial charge is 0.378 e. The molecule has 0 bridgehead atoms. The second-order valence-electron chi connectivity index (χ2n) is 5.79. The topological polar surface area (TPSA) is 70.7 Å². The molecular weight excluding hydrogens is 294 g/mol. The van der Waals surface area contributed by atoms with E-state index in [2.05, 4.69) is 10.6 Å². The number of hydrogen-bond acceptors (Lipinski definition) is 3. The fraction of sp³-hybridized carbons (Fsp3) is 0.529. The average molecular weight is 319 g/mol. The van der Waals surface area contributed by atoms with Crippen molar-refractivity contribution < 1.29 is 14.3 Å². The number of urea groups is 1. The SMILES string of the molecule is CC[C@H](C)NC(=O)Nc1cccc(C(=O)N2CCOCC2)c1C. The fourth-order valence-electron chi connectivity index (χ4n) is 2.42. The first-order valence-corrected chi connectivity index (χ1v) is 8.07. The van der Waals surface area contributed by atoms with Crippen LogP contribution in [0, 0.1) is 6.92 Å². The normalized spacial score (nSPS) is 15.9. The molecule has 1 aliphatic heterocycles. The maximum absolute atomic E-state index is 12.6. The standard InChI is InChI=1S/C17H25N3O3/c1-4-12(2)18-17(22)19-15-7-5-6-14(13(15)3)16(21)20-8-10-23-11-9-20/h5-7,12H,4,8-11H2,1-3H3,(H2,18,19,22)/t12-/m0/s1. The van der Waals surface area contributed by atoms with E-state index in [4.69, 9.17) is 4.74 Å². The first-order valence-electron chi connectivity index (χ1n) is 8.07. The van der Waals surface area contributed by atoms with Crippen molar-refractivity contribution in [2.24, 2.45) is 0 Å². The zero-order valence-electron chi connectivity index (χ0n) is 14.0. The van der Waals surface area contributed by atoms with Gasteiger partial charge in [-0.2, -0.15) is 0 Å². The zero-order chi connectivity index (χ0) is 16.8. The molecule has 1 fully saturated rings. The van der Waals surface area contributed by atoms with Crippen LogP contribution in [0.15, 0.2) is 18.2 Å². The third-order valence-electron chi connectivity index (χ3n) is 4.10. The van der Waals surface area contributed by atoms with Gasteiger partial charge in [-0.25, -0.2) is 4.79 Å². The molecule has 0 aliphatic carbocycles. The van der Waals surface area contributed by atoms with E-state index in [-0.39, 0.29) is 18.0 Å². The number of nitrogens with one attached hydrogen (secondary N) is 2. The Balaban J connectivity index is 2.11. The lowest BCUT2D eigenvalue weighted by Gasteiger charge is -2.27. The van der Waals surface area contributed by atoms with E-state index in [1.807, 2.05) is 26.8 Å². The molecule has 0 saturated carbocycles. The van der Waals surface area contributed by atoms with Crippen molar-refractivity contribution in [2.45, 2.75) is 33.2 Å². The highest BCUT2D eigenvalue weighted by atomic mass is 16.5. The molecule has 1 aliphatic rings. The summed E-state index contributed by atoms with van der Waals surface area (Å²) in [6.07, 6.45) is 0.863. The van der Waals surface area contributed by atoms with Gasteiger partial charge in [0.2, 0.25) is 0 Å². The zero-order valence-corrected chi connectivity index (χ0v) is 14.0. The average Bonchev–Trinajstić information content (AvgIpc) is 2.56. The summed E-state index contributed by atoms with van der Waals surface area (Å²) in [6.45, 7) is 8.16. The predicted octanol–water partition coefficient (Wildman–Crippen LogP) is 2.39. The van der Waals surface area contributed by atoms with Crippen molar-refractivity contribution in [1.29, 1.82) is 0 Å². The van der Waals surface area contributed by atoms with Gasteiger partial charge < -0.3 is 20.3 Å². The summed E-state index contributed by atoms with van der Waals surface area (Å²) < 4.78 is 5.28. The summed E-state index contributed by atoms with van der Waals surface area (Å²) in [5, 5.41) is 5.68. The molecule has 0 spiro atoms. The van der Waals surface area contributed by atoms with Crippen molar-refractivity contribution in [3.63, 3.8) is 0 Å². The number of morpholine rings is 1. The minimum absolute atomic E-state index is 0.0169. The van der Waals surface area contributed by atoms with Crippen LogP contribution < -0.4 is 10.6 Å². The van der Waals surface area contributed by atoms with Gasteiger partial charge in [-0.05, 0) is 38.0 Å². The molecule has 126 valence electrons. The van der Waals surface area contributed by atoms with Crippen LogP contribution in [0.4, 0.5) is 10.5 Å². The van der Waals surface area contributed by atoms with Crippen molar-refractivity contribution in [3.8, 4) is 0 Å². The number of benzene rings is 1. The molecule has 0 unspecified atom stereocenters. The van der Waals surface area contributed by atoms with Crippen LogP contribution in [0.3, 0.4) is 0 Å². The third-order valence-corrected chi connectivity index (χ3v) is 4.10. The maximum atomic E-state index is 12.6. The minimum atomic E-state index is -0.251. The molecule has 1 saturated heterocycles. The molecule has 1 aromatic rings. The van der Waals surface area contributed by atoms with Gasteiger partial charge in [0.15, 0.2) is 0 Å². The Labute approximate surface area is 137 Å². The molecule has 1 aromatic carbocycles. The summed E-state index contributed by atoms with van der Waals surface area (Å²) in [4.78, 5) is 26.4. The fourth-order valence-corrected chi connectivity index (χ4v) is 2.42. The third kappa shape index (κ3) is 4.45. The van der Waals surface area contributed by atoms with Crippen molar-refractivity contribution in [1.82, 2.24) is 10.2 Å². The molecule has 0 aromatic heterocycles. The summed E-state index contributed by atoms with van der Waals surface area (Å²) in [6, 6.07) is 5.25. The molecule has 3 amide bonds.